The Morgan fingerprint density at radius 2 is 1.65 bits per heavy atom. The van der Waals surface area contributed by atoms with Crippen molar-refractivity contribution in [2.24, 2.45) is 7.05 Å². The molecular weight excluding hydrogens is 322 g/mol. The maximum absolute atomic E-state index is 6.03. The minimum Gasteiger partial charge on any atom is -0.493 e. The van der Waals surface area contributed by atoms with Crippen LogP contribution < -0.4 is 14.0 Å². The Morgan fingerprint density at radius 3 is 2.42 bits per heavy atom. The van der Waals surface area contributed by atoms with Gasteiger partial charge in [-0.2, -0.15) is 0 Å². The van der Waals surface area contributed by atoms with Gasteiger partial charge in [0.25, 0.3) is 0 Å². The lowest BCUT2D eigenvalue weighted by Crippen LogP contribution is -2.30. The molecule has 0 saturated carbocycles. The van der Waals surface area contributed by atoms with Crippen molar-refractivity contribution < 1.29 is 14.0 Å². The predicted molar refractivity (Wildman–Crippen MR) is 107 cm³/mol. The molecule has 0 fully saturated rings. The van der Waals surface area contributed by atoms with Gasteiger partial charge in [0, 0.05) is 17.7 Å². The molecule has 136 valence electrons. The van der Waals surface area contributed by atoms with Crippen molar-refractivity contribution in [3.8, 4) is 22.8 Å². The van der Waals surface area contributed by atoms with Crippen LogP contribution in [-0.4, -0.2) is 13.2 Å². The number of rotatable bonds is 7. The monoisotopic (exact) mass is 350 g/mol. The standard InChI is InChI=1S/C23H28NO2/c1-5-13-25-19-15-21(17(3)22(16-19)26-14-6-2)23-20-10-8-7-9-18(20)11-12-24(23)4/h7-12,15-16H,5-6,13-14H2,1-4H3/q+1. The van der Waals surface area contributed by atoms with Gasteiger partial charge in [-0.05, 0) is 37.3 Å². The van der Waals surface area contributed by atoms with E-state index in [-0.39, 0.29) is 0 Å². The van der Waals surface area contributed by atoms with Gasteiger partial charge in [0.15, 0.2) is 6.20 Å². The van der Waals surface area contributed by atoms with Crippen LogP contribution in [-0.2, 0) is 7.05 Å². The lowest BCUT2D eigenvalue weighted by Gasteiger charge is -2.15. The van der Waals surface area contributed by atoms with Crippen molar-refractivity contribution in [3.05, 3.63) is 54.2 Å². The fourth-order valence-electron chi connectivity index (χ4n) is 3.22. The first-order chi connectivity index (χ1) is 12.7. The topological polar surface area (TPSA) is 22.3 Å². The van der Waals surface area contributed by atoms with Crippen molar-refractivity contribution in [3.63, 3.8) is 0 Å². The molecule has 0 bridgehead atoms. The molecule has 2 aromatic carbocycles. The van der Waals surface area contributed by atoms with E-state index in [0.29, 0.717) is 13.2 Å². The Bertz CT molecular complexity index is 902. The predicted octanol–water partition coefficient (Wildman–Crippen LogP) is 5.22. The molecule has 0 N–H and O–H groups in total. The fourth-order valence-corrected chi connectivity index (χ4v) is 3.22. The molecular formula is C23H28NO2+. The van der Waals surface area contributed by atoms with E-state index in [2.05, 4.69) is 75.0 Å². The van der Waals surface area contributed by atoms with E-state index < -0.39 is 0 Å². The average Bonchev–Trinajstić information content (AvgIpc) is 2.66. The van der Waals surface area contributed by atoms with Crippen molar-refractivity contribution in [2.75, 3.05) is 13.2 Å². The molecule has 0 atom stereocenters. The molecule has 3 heteroatoms. The van der Waals surface area contributed by atoms with E-state index in [0.717, 1.165) is 35.5 Å². The van der Waals surface area contributed by atoms with Crippen LogP contribution in [0.1, 0.15) is 32.3 Å². The summed E-state index contributed by atoms with van der Waals surface area (Å²) in [4.78, 5) is 0. The van der Waals surface area contributed by atoms with E-state index >= 15 is 0 Å². The summed E-state index contributed by atoms with van der Waals surface area (Å²) < 4.78 is 14.2. The van der Waals surface area contributed by atoms with Crippen LogP contribution >= 0.6 is 0 Å². The quantitative estimate of drug-likeness (QED) is 0.545. The zero-order valence-electron chi connectivity index (χ0n) is 16.2. The minimum absolute atomic E-state index is 0.706. The summed E-state index contributed by atoms with van der Waals surface area (Å²) in [6.07, 6.45) is 4.08. The van der Waals surface area contributed by atoms with Crippen LogP contribution in [0.2, 0.25) is 0 Å². The molecule has 0 spiro atoms. The van der Waals surface area contributed by atoms with Crippen LogP contribution in [0, 0.1) is 6.92 Å². The number of nitrogens with zero attached hydrogens (tertiary/aromatic N) is 1. The molecule has 3 aromatic rings. The number of hydrogen-bond acceptors (Lipinski definition) is 2. The van der Waals surface area contributed by atoms with E-state index in [9.17, 15) is 0 Å². The summed E-state index contributed by atoms with van der Waals surface area (Å²) in [6.45, 7) is 7.79. The first-order valence-electron chi connectivity index (χ1n) is 9.43. The molecule has 0 unspecified atom stereocenters. The molecule has 1 aromatic heterocycles. The van der Waals surface area contributed by atoms with E-state index in [1.165, 1.54) is 16.5 Å². The lowest BCUT2D eigenvalue weighted by molar-refractivity contribution is -0.659. The number of aromatic nitrogens is 1. The Balaban J connectivity index is 2.21. The van der Waals surface area contributed by atoms with Crippen LogP contribution in [0.4, 0.5) is 0 Å². The first-order valence-corrected chi connectivity index (χ1v) is 9.43. The molecule has 0 radical (unpaired) electrons. The molecule has 3 nitrogen and oxygen atoms in total. The average molecular weight is 350 g/mol. The summed E-state index contributed by atoms with van der Waals surface area (Å²) in [5, 5.41) is 2.46. The van der Waals surface area contributed by atoms with Gasteiger partial charge in [-0.25, -0.2) is 4.57 Å². The maximum atomic E-state index is 6.03. The van der Waals surface area contributed by atoms with Gasteiger partial charge < -0.3 is 9.47 Å². The molecule has 0 saturated heterocycles. The Kier molecular flexibility index (Phi) is 5.77. The minimum atomic E-state index is 0.706. The molecule has 0 aliphatic rings. The summed E-state index contributed by atoms with van der Waals surface area (Å²) in [7, 11) is 2.09. The SMILES string of the molecule is CCCOc1cc(OCCC)c(C)c(-c2c3ccccc3cc[n+]2C)c1. The van der Waals surface area contributed by atoms with Gasteiger partial charge in [0.1, 0.15) is 18.5 Å². The molecule has 0 aliphatic carbocycles. The second kappa shape index (κ2) is 8.22. The van der Waals surface area contributed by atoms with Gasteiger partial charge in [-0.15, -0.1) is 0 Å². The van der Waals surface area contributed by atoms with Crippen molar-refractivity contribution in [1.82, 2.24) is 0 Å². The zero-order chi connectivity index (χ0) is 18.5. The van der Waals surface area contributed by atoms with Gasteiger partial charge >= 0.3 is 0 Å². The number of fused-ring (bicyclic) bond motifs is 1. The second-order valence-electron chi connectivity index (χ2n) is 6.65. The number of ether oxygens (including phenoxy) is 2. The summed E-state index contributed by atoms with van der Waals surface area (Å²) in [5.41, 5.74) is 3.49. The summed E-state index contributed by atoms with van der Waals surface area (Å²) in [6, 6.07) is 14.8. The normalized spacial score (nSPS) is 10.9. The highest BCUT2D eigenvalue weighted by Crippen LogP contribution is 2.36. The van der Waals surface area contributed by atoms with Gasteiger partial charge in [0.2, 0.25) is 5.69 Å². The zero-order valence-corrected chi connectivity index (χ0v) is 16.2. The Morgan fingerprint density at radius 1 is 0.923 bits per heavy atom. The van der Waals surface area contributed by atoms with E-state index in [1.54, 1.807) is 0 Å². The van der Waals surface area contributed by atoms with Crippen molar-refractivity contribution in [1.29, 1.82) is 0 Å². The second-order valence-corrected chi connectivity index (χ2v) is 6.65. The largest absolute Gasteiger partial charge is 0.493 e. The van der Waals surface area contributed by atoms with Crippen LogP contribution in [0.15, 0.2) is 48.7 Å². The van der Waals surface area contributed by atoms with E-state index in [4.69, 9.17) is 9.47 Å². The molecule has 1 heterocycles. The van der Waals surface area contributed by atoms with Crippen molar-refractivity contribution >= 4 is 10.8 Å². The number of hydrogen-bond donors (Lipinski definition) is 0. The highest BCUT2D eigenvalue weighted by Gasteiger charge is 2.20. The van der Waals surface area contributed by atoms with Crippen molar-refractivity contribution in [2.45, 2.75) is 33.6 Å². The number of benzene rings is 2. The fraction of sp³-hybridized carbons (Fsp3) is 0.348. The maximum Gasteiger partial charge on any atom is 0.220 e. The van der Waals surface area contributed by atoms with Crippen LogP contribution in [0.5, 0.6) is 11.5 Å². The third-order valence-electron chi connectivity index (χ3n) is 4.57. The summed E-state index contributed by atoms with van der Waals surface area (Å²) in [5.74, 6) is 1.77. The molecule has 3 rings (SSSR count). The van der Waals surface area contributed by atoms with Crippen LogP contribution in [0.25, 0.3) is 22.0 Å². The highest BCUT2D eigenvalue weighted by molar-refractivity contribution is 5.94. The summed E-state index contributed by atoms with van der Waals surface area (Å²) >= 11 is 0. The molecule has 0 aliphatic heterocycles. The van der Waals surface area contributed by atoms with Gasteiger partial charge in [0.05, 0.1) is 24.2 Å². The Hall–Kier alpha value is -2.55. The van der Waals surface area contributed by atoms with E-state index in [1.807, 2.05) is 6.07 Å². The van der Waals surface area contributed by atoms with Crippen LogP contribution in [0.3, 0.4) is 0 Å². The first kappa shape index (κ1) is 18.2. The molecule has 26 heavy (non-hydrogen) atoms. The lowest BCUT2D eigenvalue weighted by atomic mass is 9.98. The van der Waals surface area contributed by atoms with Gasteiger partial charge in [-0.3, -0.25) is 0 Å². The Labute approximate surface area is 156 Å². The smallest absolute Gasteiger partial charge is 0.220 e. The van der Waals surface area contributed by atoms with Gasteiger partial charge in [-0.1, -0.05) is 32.0 Å². The molecule has 0 amide bonds. The number of aryl methyl sites for hydroxylation is 1. The highest BCUT2D eigenvalue weighted by atomic mass is 16.5. The third kappa shape index (κ3) is 3.67. The third-order valence-corrected chi connectivity index (χ3v) is 4.57. The number of pyridine rings is 1.